The SMILES string of the molecule is CCOc1ccc(C=Cc2ccc(CC)cc2)c(I)c1I. The third-order valence-electron chi connectivity index (χ3n) is 3.22. The van der Waals surface area contributed by atoms with Gasteiger partial charge in [0.15, 0.2) is 0 Å². The molecule has 1 nitrogen and oxygen atoms in total. The summed E-state index contributed by atoms with van der Waals surface area (Å²) in [7, 11) is 0. The Kier molecular flexibility index (Phi) is 6.54. The molecular weight excluding hydrogens is 486 g/mol. The molecule has 0 fully saturated rings. The fraction of sp³-hybridized carbons (Fsp3) is 0.222. The first-order valence-corrected chi connectivity index (χ1v) is 9.19. The minimum atomic E-state index is 0.699. The first kappa shape index (κ1) is 16.8. The highest BCUT2D eigenvalue weighted by molar-refractivity contribution is 14.1. The van der Waals surface area contributed by atoms with E-state index in [0.29, 0.717) is 6.61 Å². The van der Waals surface area contributed by atoms with Gasteiger partial charge in [0.1, 0.15) is 5.75 Å². The van der Waals surface area contributed by atoms with E-state index >= 15 is 0 Å². The Balaban J connectivity index is 2.22. The molecule has 0 saturated carbocycles. The van der Waals surface area contributed by atoms with Crippen LogP contribution in [0.1, 0.15) is 30.5 Å². The maximum absolute atomic E-state index is 5.62. The summed E-state index contributed by atoms with van der Waals surface area (Å²) in [6.45, 7) is 4.89. The van der Waals surface area contributed by atoms with Gasteiger partial charge in [-0.1, -0.05) is 49.4 Å². The Morgan fingerprint density at radius 1 is 0.905 bits per heavy atom. The van der Waals surface area contributed by atoms with Crippen molar-refractivity contribution in [3.8, 4) is 5.75 Å². The molecule has 0 radical (unpaired) electrons. The zero-order chi connectivity index (χ0) is 15.2. The number of aryl methyl sites for hydroxylation is 1. The molecule has 2 rings (SSSR count). The van der Waals surface area contributed by atoms with Gasteiger partial charge in [0, 0.05) is 3.57 Å². The van der Waals surface area contributed by atoms with Crippen LogP contribution < -0.4 is 4.74 Å². The van der Waals surface area contributed by atoms with E-state index < -0.39 is 0 Å². The van der Waals surface area contributed by atoms with E-state index in [1.54, 1.807) is 0 Å². The molecule has 0 unspecified atom stereocenters. The van der Waals surface area contributed by atoms with Gasteiger partial charge in [-0.3, -0.25) is 0 Å². The third-order valence-corrected chi connectivity index (χ3v) is 6.49. The molecule has 0 heterocycles. The van der Waals surface area contributed by atoms with Gasteiger partial charge in [0.2, 0.25) is 0 Å². The zero-order valence-electron chi connectivity index (χ0n) is 12.2. The molecule has 0 amide bonds. The molecule has 0 aliphatic rings. The lowest BCUT2D eigenvalue weighted by atomic mass is 10.1. The van der Waals surface area contributed by atoms with E-state index in [1.165, 1.54) is 23.8 Å². The normalized spacial score (nSPS) is 11.0. The molecule has 110 valence electrons. The maximum Gasteiger partial charge on any atom is 0.133 e. The Hall–Kier alpha value is -0.560. The van der Waals surface area contributed by atoms with Crippen LogP contribution in [0.5, 0.6) is 5.75 Å². The molecule has 0 atom stereocenters. The number of benzene rings is 2. The van der Waals surface area contributed by atoms with Gasteiger partial charge in [0.05, 0.1) is 10.2 Å². The fourth-order valence-electron chi connectivity index (χ4n) is 1.99. The van der Waals surface area contributed by atoms with Crippen molar-refractivity contribution in [3.05, 3.63) is 60.2 Å². The molecule has 0 aliphatic carbocycles. The second-order valence-electron chi connectivity index (χ2n) is 4.64. The molecule has 0 aromatic heterocycles. The first-order valence-electron chi connectivity index (χ1n) is 7.03. The number of halogens is 2. The second-order valence-corrected chi connectivity index (χ2v) is 6.80. The highest BCUT2D eigenvalue weighted by Gasteiger charge is 2.07. The van der Waals surface area contributed by atoms with Crippen LogP contribution in [0, 0.1) is 7.14 Å². The summed E-state index contributed by atoms with van der Waals surface area (Å²) >= 11 is 4.74. The zero-order valence-corrected chi connectivity index (χ0v) is 16.5. The van der Waals surface area contributed by atoms with Gasteiger partial charge >= 0.3 is 0 Å². The molecule has 0 saturated heterocycles. The van der Waals surface area contributed by atoms with Gasteiger partial charge in [-0.05, 0) is 81.3 Å². The quantitative estimate of drug-likeness (QED) is 0.357. The number of hydrogen-bond donors (Lipinski definition) is 0. The summed E-state index contributed by atoms with van der Waals surface area (Å²) in [5.74, 6) is 0.965. The molecule has 0 spiro atoms. The van der Waals surface area contributed by atoms with E-state index in [-0.39, 0.29) is 0 Å². The van der Waals surface area contributed by atoms with Crippen LogP contribution in [-0.2, 0) is 6.42 Å². The Bertz CT molecular complexity index is 630. The van der Waals surface area contributed by atoms with Crippen LogP contribution in [-0.4, -0.2) is 6.61 Å². The predicted molar refractivity (Wildman–Crippen MR) is 108 cm³/mol. The van der Waals surface area contributed by atoms with Crippen LogP contribution in [0.4, 0.5) is 0 Å². The average molecular weight is 504 g/mol. The Morgan fingerprint density at radius 2 is 1.62 bits per heavy atom. The van der Waals surface area contributed by atoms with E-state index in [4.69, 9.17) is 4.74 Å². The molecule has 0 aliphatic heterocycles. The van der Waals surface area contributed by atoms with Gasteiger partial charge in [-0.2, -0.15) is 0 Å². The number of ether oxygens (including phenoxy) is 1. The lowest BCUT2D eigenvalue weighted by molar-refractivity contribution is 0.337. The van der Waals surface area contributed by atoms with E-state index in [0.717, 1.165) is 12.2 Å². The lowest BCUT2D eigenvalue weighted by Gasteiger charge is -2.09. The highest BCUT2D eigenvalue weighted by Crippen LogP contribution is 2.29. The number of rotatable bonds is 5. The Morgan fingerprint density at radius 3 is 2.24 bits per heavy atom. The smallest absolute Gasteiger partial charge is 0.133 e. The van der Waals surface area contributed by atoms with E-state index in [1.807, 2.05) is 13.0 Å². The Labute approximate surface area is 154 Å². The monoisotopic (exact) mass is 504 g/mol. The molecular formula is C18H18I2O. The minimum Gasteiger partial charge on any atom is -0.493 e. The van der Waals surface area contributed by atoms with Gasteiger partial charge in [-0.15, -0.1) is 0 Å². The van der Waals surface area contributed by atoms with Crippen LogP contribution in [0.15, 0.2) is 36.4 Å². The van der Waals surface area contributed by atoms with Crippen LogP contribution in [0.25, 0.3) is 12.2 Å². The van der Waals surface area contributed by atoms with Crippen molar-refractivity contribution < 1.29 is 4.74 Å². The molecule has 2 aromatic rings. The summed E-state index contributed by atoms with van der Waals surface area (Å²) in [6, 6.07) is 12.9. The van der Waals surface area contributed by atoms with Crippen LogP contribution in [0.3, 0.4) is 0 Å². The third kappa shape index (κ3) is 4.45. The minimum absolute atomic E-state index is 0.699. The molecule has 21 heavy (non-hydrogen) atoms. The number of hydrogen-bond acceptors (Lipinski definition) is 1. The van der Waals surface area contributed by atoms with E-state index in [9.17, 15) is 0 Å². The van der Waals surface area contributed by atoms with Crippen molar-refractivity contribution in [1.29, 1.82) is 0 Å². The lowest BCUT2D eigenvalue weighted by Crippen LogP contribution is -1.96. The second kappa shape index (κ2) is 8.17. The molecule has 2 aromatic carbocycles. The largest absolute Gasteiger partial charge is 0.493 e. The highest BCUT2D eigenvalue weighted by atomic mass is 127. The van der Waals surface area contributed by atoms with Crippen LogP contribution >= 0.6 is 45.2 Å². The summed E-state index contributed by atoms with van der Waals surface area (Å²) in [6.07, 6.45) is 5.41. The van der Waals surface area contributed by atoms with E-state index in [2.05, 4.69) is 94.6 Å². The standard InChI is InChI=1S/C18H18I2O/c1-3-13-5-7-14(8-6-13)9-10-15-11-12-16(21-4-2)18(20)17(15)19/h5-12H,3-4H2,1-2H3. The van der Waals surface area contributed by atoms with Gasteiger partial charge < -0.3 is 4.74 Å². The van der Waals surface area contributed by atoms with Crippen molar-refractivity contribution in [2.45, 2.75) is 20.3 Å². The van der Waals surface area contributed by atoms with Crippen molar-refractivity contribution in [1.82, 2.24) is 0 Å². The fourth-order valence-corrected chi connectivity index (χ4v) is 3.27. The molecule has 0 N–H and O–H groups in total. The summed E-state index contributed by atoms with van der Waals surface area (Å²) < 4.78 is 8.04. The van der Waals surface area contributed by atoms with Crippen molar-refractivity contribution in [2.75, 3.05) is 6.61 Å². The maximum atomic E-state index is 5.62. The molecule has 3 heteroatoms. The van der Waals surface area contributed by atoms with Crippen molar-refractivity contribution in [2.24, 2.45) is 0 Å². The average Bonchev–Trinajstić information content (AvgIpc) is 2.52. The first-order chi connectivity index (χ1) is 10.2. The van der Waals surface area contributed by atoms with Crippen molar-refractivity contribution >= 4 is 57.3 Å². The summed E-state index contributed by atoms with van der Waals surface area (Å²) in [5.41, 5.74) is 3.83. The summed E-state index contributed by atoms with van der Waals surface area (Å²) in [4.78, 5) is 0. The summed E-state index contributed by atoms with van der Waals surface area (Å²) in [5, 5.41) is 0. The topological polar surface area (TPSA) is 9.23 Å². The van der Waals surface area contributed by atoms with Crippen LogP contribution in [0.2, 0.25) is 0 Å². The van der Waals surface area contributed by atoms with Gasteiger partial charge in [0.25, 0.3) is 0 Å². The molecule has 0 bridgehead atoms. The van der Waals surface area contributed by atoms with Gasteiger partial charge in [-0.25, -0.2) is 0 Å². The van der Waals surface area contributed by atoms with Crippen molar-refractivity contribution in [3.63, 3.8) is 0 Å². The predicted octanol–water partition coefficient (Wildman–Crippen LogP) is 6.03.